The van der Waals surface area contributed by atoms with Gasteiger partial charge in [0.1, 0.15) is 9.84 Å². The van der Waals surface area contributed by atoms with Gasteiger partial charge in [-0.05, 0) is 30.4 Å². The minimum absolute atomic E-state index is 0.157. The van der Waals surface area contributed by atoms with Gasteiger partial charge in [-0.2, -0.15) is 0 Å². The van der Waals surface area contributed by atoms with E-state index in [9.17, 15) is 8.42 Å². The smallest absolute Gasteiger partial charge is 0.147 e. The zero-order valence-electron chi connectivity index (χ0n) is 10.9. The molecule has 0 aliphatic heterocycles. The van der Waals surface area contributed by atoms with Crippen LogP contribution in [0.4, 0.5) is 0 Å². The molecule has 100 valence electrons. The molecule has 0 spiro atoms. The van der Waals surface area contributed by atoms with Crippen LogP contribution in [0.15, 0.2) is 24.3 Å². The van der Waals surface area contributed by atoms with E-state index in [1.807, 2.05) is 12.1 Å². The molecule has 1 aromatic carbocycles. The van der Waals surface area contributed by atoms with Crippen molar-refractivity contribution in [2.75, 3.05) is 12.0 Å². The van der Waals surface area contributed by atoms with E-state index < -0.39 is 9.84 Å². The maximum absolute atomic E-state index is 11.1. The molecule has 2 rings (SSSR count). The predicted molar refractivity (Wildman–Crippen MR) is 74.2 cm³/mol. The van der Waals surface area contributed by atoms with Crippen molar-refractivity contribution in [3.8, 4) is 0 Å². The highest BCUT2D eigenvalue weighted by atomic mass is 32.2. The van der Waals surface area contributed by atoms with Gasteiger partial charge < -0.3 is 5.73 Å². The van der Waals surface area contributed by atoms with E-state index in [2.05, 4.69) is 12.1 Å². The van der Waals surface area contributed by atoms with E-state index >= 15 is 0 Å². The number of hydrogen-bond acceptors (Lipinski definition) is 3. The summed E-state index contributed by atoms with van der Waals surface area (Å²) in [5.41, 5.74) is 8.46. The van der Waals surface area contributed by atoms with E-state index in [-0.39, 0.29) is 11.3 Å². The van der Waals surface area contributed by atoms with Crippen LogP contribution in [-0.4, -0.2) is 20.4 Å². The lowest BCUT2D eigenvalue weighted by Gasteiger charge is -2.24. The Morgan fingerprint density at radius 3 is 2.22 bits per heavy atom. The number of nitrogens with two attached hydrogens (primary N) is 1. The largest absolute Gasteiger partial charge is 0.321 e. The molecule has 3 nitrogen and oxygen atoms in total. The molecule has 1 fully saturated rings. The number of rotatable bonds is 4. The summed E-state index contributed by atoms with van der Waals surface area (Å²) in [6, 6.07) is 8.13. The summed E-state index contributed by atoms with van der Waals surface area (Å²) in [4.78, 5) is 0. The Morgan fingerprint density at radius 2 is 1.72 bits per heavy atom. The van der Waals surface area contributed by atoms with Crippen molar-refractivity contribution in [3.63, 3.8) is 0 Å². The Morgan fingerprint density at radius 1 is 1.17 bits per heavy atom. The average Bonchev–Trinajstić information content (AvgIpc) is 2.75. The molecule has 4 heteroatoms. The van der Waals surface area contributed by atoms with E-state index in [4.69, 9.17) is 5.73 Å². The number of hydrogen-bond donors (Lipinski definition) is 1. The SMILES string of the molecule is CS(=O)(=O)CCc1ccc(C2(N)CCCC2)cc1. The maximum Gasteiger partial charge on any atom is 0.147 e. The summed E-state index contributed by atoms with van der Waals surface area (Å²) in [5.74, 6) is 0.208. The first kappa shape index (κ1) is 13.6. The van der Waals surface area contributed by atoms with Gasteiger partial charge in [-0.15, -0.1) is 0 Å². The summed E-state index contributed by atoms with van der Waals surface area (Å²) in [6.45, 7) is 0. The Kier molecular flexibility index (Phi) is 3.78. The zero-order valence-corrected chi connectivity index (χ0v) is 11.7. The normalized spacial score (nSPS) is 19.0. The van der Waals surface area contributed by atoms with Crippen LogP contribution in [0, 0.1) is 0 Å². The van der Waals surface area contributed by atoms with Gasteiger partial charge in [0.25, 0.3) is 0 Å². The standard InChI is InChI=1S/C14H21NO2S/c1-18(16,17)11-8-12-4-6-13(7-5-12)14(15)9-2-3-10-14/h4-7H,2-3,8-11,15H2,1H3. The fraction of sp³-hybridized carbons (Fsp3) is 0.571. The van der Waals surface area contributed by atoms with Crippen LogP contribution in [0.2, 0.25) is 0 Å². The summed E-state index contributed by atoms with van der Waals surface area (Å²) in [7, 11) is -2.88. The molecular weight excluding hydrogens is 246 g/mol. The van der Waals surface area contributed by atoms with Gasteiger partial charge in [0.2, 0.25) is 0 Å². The highest BCUT2D eigenvalue weighted by molar-refractivity contribution is 7.90. The molecule has 0 aromatic heterocycles. The van der Waals surface area contributed by atoms with Gasteiger partial charge in [0, 0.05) is 11.8 Å². The maximum atomic E-state index is 11.1. The van der Waals surface area contributed by atoms with E-state index in [0.717, 1.165) is 18.4 Å². The van der Waals surface area contributed by atoms with Gasteiger partial charge in [-0.3, -0.25) is 0 Å². The van der Waals surface area contributed by atoms with Crippen LogP contribution >= 0.6 is 0 Å². The molecule has 1 aromatic rings. The highest BCUT2D eigenvalue weighted by Gasteiger charge is 2.30. The van der Waals surface area contributed by atoms with Crippen LogP contribution in [0.3, 0.4) is 0 Å². The molecule has 18 heavy (non-hydrogen) atoms. The van der Waals surface area contributed by atoms with Crippen LogP contribution in [0.5, 0.6) is 0 Å². The third-order valence-electron chi connectivity index (χ3n) is 3.79. The first-order valence-electron chi connectivity index (χ1n) is 6.45. The first-order valence-corrected chi connectivity index (χ1v) is 8.51. The minimum atomic E-state index is -2.88. The molecule has 0 bridgehead atoms. The molecule has 0 amide bonds. The van der Waals surface area contributed by atoms with Crippen LogP contribution < -0.4 is 5.73 Å². The third-order valence-corrected chi connectivity index (χ3v) is 4.73. The molecule has 1 aliphatic carbocycles. The van der Waals surface area contributed by atoms with Gasteiger partial charge >= 0.3 is 0 Å². The highest BCUT2D eigenvalue weighted by Crippen LogP contribution is 2.36. The lowest BCUT2D eigenvalue weighted by atomic mass is 9.89. The Bertz CT molecular complexity index is 499. The van der Waals surface area contributed by atoms with Gasteiger partial charge in [0.05, 0.1) is 5.75 Å². The van der Waals surface area contributed by atoms with Crippen LogP contribution in [-0.2, 0) is 21.8 Å². The molecule has 0 heterocycles. The first-order chi connectivity index (χ1) is 8.39. The zero-order chi connectivity index (χ0) is 13.2. The lowest BCUT2D eigenvalue weighted by Crippen LogP contribution is -2.32. The molecule has 1 saturated carbocycles. The van der Waals surface area contributed by atoms with Gasteiger partial charge in [0.15, 0.2) is 0 Å². The summed E-state index contributed by atoms with van der Waals surface area (Å²) >= 11 is 0. The molecule has 0 atom stereocenters. The van der Waals surface area contributed by atoms with Crippen molar-refractivity contribution in [3.05, 3.63) is 35.4 Å². The number of sulfone groups is 1. The Balaban J connectivity index is 2.06. The monoisotopic (exact) mass is 267 g/mol. The molecule has 0 unspecified atom stereocenters. The van der Waals surface area contributed by atoms with Crippen molar-refractivity contribution < 1.29 is 8.42 Å². The summed E-state index contributed by atoms with van der Waals surface area (Å²) in [6.07, 6.45) is 6.36. The van der Waals surface area contributed by atoms with E-state index in [1.165, 1.54) is 24.7 Å². The fourth-order valence-electron chi connectivity index (χ4n) is 2.60. The average molecular weight is 267 g/mol. The number of aryl methyl sites for hydroxylation is 1. The van der Waals surface area contributed by atoms with Crippen molar-refractivity contribution >= 4 is 9.84 Å². The minimum Gasteiger partial charge on any atom is -0.321 e. The molecule has 0 saturated heterocycles. The molecule has 1 aliphatic rings. The second-order valence-electron chi connectivity index (χ2n) is 5.44. The fourth-order valence-corrected chi connectivity index (χ4v) is 3.21. The van der Waals surface area contributed by atoms with Crippen LogP contribution in [0.1, 0.15) is 36.8 Å². The summed E-state index contributed by atoms with van der Waals surface area (Å²) in [5, 5.41) is 0. The van der Waals surface area contributed by atoms with E-state index in [1.54, 1.807) is 0 Å². The Hall–Kier alpha value is -0.870. The molecule has 2 N–H and O–H groups in total. The van der Waals surface area contributed by atoms with Crippen molar-refractivity contribution in [2.45, 2.75) is 37.6 Å². The van der Waals surface area contributed by atoms with Gasteiger partial charge in [-0.1, -0.05) is 37.1 Å². The topological polar surface area (TPSA) is 60.2 Å². The third kappa shape index (κ3) is 3.33. The van der Waals surface area contributed by atoms with Crippen molar-refractivity contribution in [1.82, 2.24) is 0 Å². The van der Waals surface area contributed by atoms with E-state index in [0.29, 0.717) is 6.42 Å². The predicted octanol–water partition coefficient (Wildman–Crippen LogP) is 2.00. The lowest BCUT2D eigenvalue weighted by molar-refractivity contribution is 0.461. The summed E-state index contributed by atoms with van der Waals surface area (Å²) < 4.78 is 22.2. The number of benzene rings is 1. The second-order valence-corrected chi connectivity index (χ2v) is 7.70. The second kappa shape index (κ2) is 5.02. The van der Waals surface area contributed by atoms with Crippen molar-refractivity contribution in [1.29, 1.82) is 0 Å². The molecular formula is C14H21NO2S. The molecule has 0 radical (unpaired) electrons. The van der Waals surface area contributed by atoms with Crippen molar-refractivity contribution in [2.24, 2.45) is 5.73 Å². The Labute approximate surface area is 109 Å². The van der Waals surface area contributed by atoms with Gasteiger partial charge in [-0.25, -0.2) is 8.42 Å². The quantitative estimate of drug-likeness (QED) is 0.907. The van der Waals surface area contributed by atoms with Crippen LogP contribution in [0.25, 0.3) is 0 Å².